The second-order valence-electron chi connectivity index (χ2n) is 10.2. The van der Waals surface area contributed by atoms with E-state index in [4.69, 9.17) is 19.2 Å². The first-order valence-corrected chi connectivity index (χ1v) is 13.3. The van der Waals surface area contributed by atoms with Crippen molar-refractivity contribution >= 4 is 22.6 Å². The van der Waals surface area contributed by atoms with Crippen LogP contribution in [0.3, 0.4) is 0 Å². The molecule has 2 aliphatic heterocycles. The van der Waals surface area contributed by atoms with Gasteiger partial charge in [0.1, 0.15) is 5.82 Å². The maximum Gasteiger partial charge on any atom is 0.231 e. The average Bonchev–Trinajstić information content (AvgIpc) is 3.32. The first kappa shape index (κ1) is 22.7. The van der Waals surface area contributed by atoms with Gasteiger partial charge in [-0.2, -0.15) is 0 Å². The first-order valence-electron chi connectivity index (χ1n) is 13.3. The molecule has 0 atom stereocenters. The number of hydrogen-bond acceptors (Lipinski definition) is 6. The monoisotopic (exact) mass is 477 g/mol. The van der Waals surface area contributed by atoms with E-state index in [1.165, 1.54) is 37.7 Å². The Balaban J connectivity index is 1.33. The van der Waals surface area contributed by atoms with Gasteiger partial charge in [-0.15, -0.1) is 0 Å². The topological polar surface area (TPSA) is 64.1 Å². The van der Waals surface area contributed by atoms with Crippen molar-refractivity contribution in [3.63, 3.8) is 0 Å². The second kappa shape index (κ2) is 10.1. The molecule has 0 bridgehead atoms. The maximum absolute atomic E-state index is 13.5. The van der Waals surface area contributed by atoms with Gasteiger partial charge in [0.25, 0.3) is 0 Å². The number of carbonyl (C=O) groups is 1. The Bertz CT molecular complexity index is 1120. The zero-order valence-corrected chi connectivity index (χ0v) is 20.5. The highest BCUT2D eigenvalue weighted by atomic mass is 16.7. The number of amides is 1. The van der Waals surface area contributed by atoms with Gasteiger partial charge in [0.15, 0.2) is 11.5 Å². The number of anilines is 1. The molecule has 1 aromatic carbocycles. The number of morpholine rings is 1. The van der Waals surface area contributed by atoms with E-state index in [-0.39, 0.29) is 12.7 Å². The van der Waals surface area contributed by atoms with Crippen LogP contribution in [-0.2, 0) is 16.1 Å². The molecule has 0 spiro atoms. The molecule has 35 heavy (non-hydrogen) atoms. The lowest BCUT2D eigenvalue weighted by atomic mass is 9.84. The van der Waals surface area contributed by atoms with E-state index in [0.29, 0.717) is 25.7 Å². The van der Waals surface area contributed by atoms with Gasteiger partial charge in [-0.1, -0.05) is 18.1 Å². The molecule has 6 rings (SSSR count). The summed E-state index contributed by atoms with van der Waals surface area (Å²) in [6, 6.07) is 6.19. The summed E-state index contributed by atoms with van der Waals surface area (Å²) in [6.45, 7) is 4.61. The Morgan fingerprint density at radius 3 is 2.63 bits per heavy atom. The molecule has 0 unspecified atom stereocenters. The zero-order valence-electron chi connectivity index (χ0n) is 20.5. The lowest BCUT2D eigenvalue weighted by molar-refractivity contribution is -0.138. The third-order valence-electron chi connectivity index (χ3n) is 7.89. The lowest BCUT2D eigenvalue weighted by Gasteiger charge is -2.34. The summed E-state index contributed by atoms with van der Waals surface area (Å²) in [5.74, 6) is 2.96. The van der Waals surface area contributed by atoms with Crippen LogP contribution < -0.4 is 14.4 Å². The summed E-state index contributed by atoms with van der Waals surface area (Å²) in [5, 5.41) is 1.02. The number of aromatic nitrogens is 1. The van der Waals surface area contributed by atoms with E-state index < -0.39 is 0 Å². The van der Waals surface area contributed by atoms with E-state index in [1.807, 2.05) is 12.1 Å². The van der Waals surface area contributed by atoms with Gasteiger partial charge < -0.3 is 24.0 Å². The van der Waals surface area contributed by atoms with Crippen LogP contribution in [0.4, 0.5) is 5.82 Å². The Kier molecular flexibility index (Phi) is 6.51. The molecule has 186 valence electrons. The van der Waals surface area contributed by atoms with Gasteiger partial charge in [-0.25, -0.2) is 4.98 Å². The number of hydrogen-bond donors (Lipinski definition) is 0. The van der Waals surface area contributed by atoms with Crippen LogP contribution in [0.5, 0.6) is 11.5 Å². The summed E-state index contributed by atoms with van der Waals surface area (Å²) >= 11 is 0. The molecule has 1 saturated heterocycles. The van der Waals surface area contributed by atoms with Crippen molar-refractivity contribution in [1.82, 2.24) is 9.88 Å². The van der Waals surface area contributed by atoms with Gasteiger partial charge in [-0.05, 0) is 57.1 Å². The summed E-state index contributed by atoms with van der Waals surface area (Å²) in [5.41, 5.74) is 3.51. The van der Waals surface area contributed by atoms with Crippen LogP contribution in [0.25, 0.3) is 10.9 Å². The van der Waals surface area contributed by atoms with Gasteiger partial charge in [0, 0.05) is 49.1 Å². The van der Waals surface area contributed by atoms with Gasteiger partial charge in [0.05, 0.1) is 18.7 Å². The van der Waals surface area contributed by atoms with Crippen molar-refractivity contribution in [3.8, 4) is 11.5 Å². The number of nitrogens with zero attached hydrogens (tertiary/aromatic N) is 3. The molecule has 2 fully saturated rings. The first-order chi connectivity index (χ1) is 17.2. The predicted octanol–water partition coefficient (Wildman–Crippen LogP) is 4.82. The molecule has 2 aliphatic carbocycles. The minimum Gasteiger partial charge on any atom is -0.454 e. The molecule has 1 saturated carbocycles. The van der Waals surface area contributed by atoms with Crippen molar-refractivity contribution in [2.75, 3.05) is 44.5 Å². The molecular weight excluding hydrogens is 442 g/mol. The largest absolute Gasteiger partial charge is 0.454 e. The van der Waals surface area contributed by atoms with E-state index in [1.54, 1.807) is 0 Å². The number of fused-ring (bicyclic) bond motifs is 2. The summed E-state index contributed by atoms with van der Waals surface area (Å²) in [7, 11) is 0. The van der Waals surface area contributed by atoms with Crippen LogP contribution in [-0.4, -0.2) is 55.4 Å². The molecule has 4 aliphatic rings. The molecule has 7 nitrogen and oxygen atoms in total. The number of allylic oxidation sites excluding steroid dienone is 1. The zero-order chi connectivity index (χ0) is 23.6. The Labute approximate surface area is 207 Å². The highest BCUT2D eigenvalue weighted by molar-refractivity contribution is 5.86. The number of benzene rings is 1. The number of carbonyl (C=O) groups excluding carboxylic acids is 1. The van der Waals surface area contributed by atoms with Gasteiger partial charge in [0.2, 0.25) is 12.7 Å². The van der Waals surface area contributed by atoms with Crippen molar-refractivity contribution in [2.45, 2.75) is 57.9 Å². The van der Waals surface area contributed by atoms with Crippen molar-refractivity contribution in [2.24, 2.45) is 5.92 Å². The Hall–Kier alpha value is -2.80. The number of pyridine rings is 1. The smallest absolute Gasteiger partial charge is 0.231 e. The lowest BCUT2D eigenvalue weighted by Crippen LogP contribution is -2.41. The van der Waals surface area contributed by atoms with Crippen molar-refractivity contribution in [3.05, 3.63) is 35.4 Å². The highest BCUT2D eigenvalue weighted by Crippen LogP contribution is 2.38. The fourth-order valence-electron chi connectivity index (χ4n) is 5.56. The van der Waals surface area contributed by atoms with E-state index in [0.717, 1.165) is 72.7 Å². The normalized spacial score (nSPS) is 20.0. The van der Waals surface area contributed by atoms with E-state index >= 15 is 0 Å². The SMILES string of the molecule is O=C(C1CCC1)N(CCC1=CCCCC1)Cc1cc2cc3c(cc2nc1N1CCOCC1)OCO3. The fourth-order valence-corrected chi connectivity index (χ4v) is 5.56. The molecule has 2 aromatic rings. The van der Waals surface area contributed by atoms with Crippen LogP contribution in [0.15, 0.2) is 29.8 Å². The van der Waals surface area contributed by atoms with Gasteiger partial charge in [-0.3, -0.25) is 4.79 Å². The number of ether oxygens (including phenoxy) is 3. The summed E-state index contributed by atoms with van der Waals surface area (Å²) in [6.07, 6.45) is 11.5. The maximum atomic E-state index is 13.5. The van der Waals surface area contributed by atoms with Crippen LogP contribution in [0.1, 0.15) is 56.9 Å². The fraction of sp³-hybridized carbons (Fsp3) is 0.571. The second-order valence-corrected chi connectivity index (χ2v) is 10.2. The Morgan fingerprint density at radius 2 is 1.89 bits per heavy atom. The standard InChI is InChI=1S/C28H35N3O4/c32-28(21-7-4-8-21)31(10-9-20-5-2-1-3-6-20)18-23-15-22-16-25-26(35-19-34-25)17-24(22)29-27(23)30-11-13-33-14-12-30/h5,15-17,21H,1-4,6-14,18-19H2. The highest BCUT2D eigenvalue weighted by Gasteiger charge is 2.31. The number of rotatable bonds is 7. The van der Waals surface area contributed by atoms with E-state index in [2.05, 4.69) is 21.9 Å². The summed E-state index contributed by atoms with van der Waals surface area (Å²) < 4.78 is 16.8. The Morgan fingerprint density at radius 1 is 1.06 bits per heavy atom. The predicted molar refractivity (Wildman–Crippen MR) is 135 cm³/mol. The minimum atomic E-state index is 0.185. The average molecular weight is 478 g/mol. The van der Waals surface area contributed by atoms with Crippen molar-refractivity contribution < 1.29 is 19.0 Å². The molecule has 0 radical (unpaired) electrons. The van der Waals surface area contributed by atoms with Crippen LogP contribution >= 0.6 is 0 Å². The third kappa shape index (κ3) is 4.83. The van der Waals surface area contributed by atoms with Crippen molar-refractivity contribution in [1.29, 1.82) is 0 Å². The molecule has 3 heterocycles. The molecular formula is C28H35N3O4. The van der Waals surface area contributed by atoms with E-state index in [9.17, 15) is 4.79 Å². The minimum absolute atomic E-state index is 0.185. The summed E-state index contributed by atoms with van der Waals surface area (Å²) in [4.78, 5) is 23.0. The van der Waals surface area contributed by atoms with Gasteiger partial charge >= 0.3 is 0 Å². The van der Waals surface area contributed by atoms with Crippen LogP contribution in [0, 0.1) is 5.92 Å². The molecule has 1 aromatic heterocycles. The quantitative estimate of drug-likeness (QED) is 0.533. The molecule has 0 N–H and O–H groups in total. The molecule has 7 heteroatoms. The third-order valence-corrected chi connectivity index (χ3v) is 7.89. The van der Waals surface area contributed by atoms with Crippen LogP contribution in [0.2, 0.25) is 0 Å². The molecule has 1 amide bonds.